The molecule has 1 fully saturated rings. The van der Waals surface area contributed by atoms with Gasteiger partial charge < -0.3 is 4.42 Å². The Hall–Kier alpha value is -3.16. The summed E-state index contributed by atoms with van der Waals surface area (Å²) in [6, 6.07) is 19.0. The Balaban J connectivity index is 1.64. The Morgan fingerprint density at radius 2 is 1.77 bits per heavy atom. The topological polar surface area (TPSA) is 62.6 Å². The van der Waals surface area contributed by atoms with Crippen LogP contribution in [0.2, 0.25) is 0 Å². The third kappa shape index (κ3) is 3.94. The van der Waals surface area contributed by atoms with Gasteiger partial charge in [-0.2, -0.15) is 0 Å². The second-order valence-electron chi connectivity index (χ2n) is 6.75. The summed E-state index contributed by atoms with van der Waals surface area (Å²) in [5, 5.41) is 3.34. The van der Waals surface area contributed by atoms with Crippen LogP contribution in [0.25, 0.3) is 6.08 Å². The Morgan fingerprint density at radius 3 is 2.53 bits per heavy atom. The molecule has 30 heavy (non-hydrogen) atoms. The van der Waals surface area contributed by atoms with E-state index in [-0.39, 0.29) is 10.7 Å². The second kappa shape index (κ2) is 8.30. The molecule has 0 aliphatic carbocycles. The lowest BCUT2D eigenvalue weighted by atomic mass is 10.0. The number of aryl methyl sites for hydroxylation is 1. The van der Waals surface area contributed by atoms with Crippen LogP contribution in [-0.4, -0.2) is 16.9 Å². The van der Waals surface area contributed by atoms with Gasteiger partial charge in [-0.3, -0.25) is 19.8 Å². The number of amides is 2. The van der Waals surface area contributed by atoms with E-state index in [0.717, 1.165) is 16.0 Å². The molecular weight excluding hydrogens is 416 g/mol. The molecule has 4 rings (SSSR count). The molecule has 0 unspecified atom stereocenters. The number of carbonyl (C=O) groups is 2. The first kappa shape index (κ1) is 20.1. The van der Waals surface area contributed by atoms with Crippen molar-refractivity contribution in [2.24, 2.45) is 0 Å². The zero-order valence-electron chi connectivity index (χ0n) is 16.3. The lowest BCUT2D eigenvalue weighted by Gasteiger charge is -2.30. The van der Waals surface area contributed by atoms with Crippen LogP contribution in [0.3, 0.4) is 0 Å². The van der Waals surface area contributed by atoms with Crippen LogP contribution in [0, 0.1) is 13.8 Å². The molecule has 2 aromatic carbocycles. The van der Waals surface area contributed by atoms with E-state index >= 15 is 0 Å². The molecule has 0 radical (unpaired) electrons. The summed E-state index contributed by atoms with van der Waals surface area (Å²) in [5.41, 5.74) is 2.56. The van der Waals surface area contributed by atoms with Gasteiger partial charge in [-0.05, 0) is 73.6 Å². The van der Waals surface area contributed by atoms with E-state index in [1.165, 1.54) is 22.7 Å². The average Bonchev–Trinajstić information content (AvgIpc) is 3.16. The number of carbonyl (C=O) groups excluding carboxylic acids is 2. The first-order valence-electron chi connectivity index (χ1n) is 9.24. The van der Waals surface area contributed by atoms with Crippen LogP contribution in [0.1, 0.15) is 16.9 Å². The summed E-state index contributed by atoms with van der Waals surface area (Å²) < 4.78 is 5.80. The molecular formula is C23H18N2O3S2. The Morgan fingerprint density at radius 1 is 1.00 bits per heavy atom. The van der Waals surface area contributed by atoms with Crippen molar-refractivity contribution in [2.75, 3.05) is 4.90 Å². The smallest absolute Gasteiger partial charge is 0.270 e. The number of rotatable bonds is 4. The molecule has 1 aliphatic rings. The van der Waals surface area contributed by atoms with Crippen molar-refractivity contribution in [3.8, 4) is 0 Å². The van der Waals surface area contributed by atoms with Crippen molar-refractivity contribution in [3.05, 3.63) is 83.1 Å². The Labute approximate surface area is 183 Å². The molecule has 0 spiro atoms. The van der Waals surface area contributed by atoms with E-state index in [4.69, 9.17) is 16.6 Å². The van der Waals surface area contributed by atoms with Crippen molar-refractivity contribution in [1.29, 1.82) is 0 Å². The monoisotopic (exact) mass is 434 g/mol. The van der Waals surface area contributed by atoms with Crippen molar-refractivity contribution in [3.63, 3.8) is 0 Å². The summed E-state index contributed by atoms with van der Waals surface area (Å²) >= 11 is 6.74. The molecule has 0 saturated carbocycles. The standard InChI is InChI=1S/C23H18N2O3S2/c1-14-7-6-10-19(15(14)2)25-22(27)18(21(26)24-23(25)29)13-16-11-12-20(28-16)30-17-8-4-3-5-9-17/h3-13H,1-2H3,(H,24,26,29)/b18-13+. The third-order valence-corrected chi connectivity index (χ3v) is 5.98. The highest BCUT2D eigenvalue weighted by Gasteiger charge is 2.35. The third-order valence-electron chi connectivity index (χ3n) is 4.77. The zero-order valence-corrected chi connectivity index (χ0v) is 18.0. The largest absolute Gasteiger partial charge is 0.450 e. The number of nitrogens with zero attached hydrogens (tertiary/aromatic N) is 1. The summed E-state index contributed by atoms with van der Waals surface area (Å²) in [5.74, 6) is -0.605. The molecule has 0 atom stereocenters. The van der Waals surface area contributed by atoms with E-state index < -0.39 is 11.8 Å². The van der Waals surface area contributed by atoms with Gasteiger partial charge in [-0.25, -0.2) is 0 Å². The first-order chi connectivity index (χ1) is 14.4. The molecule has 2 heterocycles. The van der Waals surface area contributed by atoms with Crippen LogP contribution in [0.15, 0.2) is 80.6 Å². The number of furan rings is 1. The van der Waals surface area contributed by atoms with E-state index in [9.17, 15) is 9.59 Å². The number of anilines is 1. The SMILES string of the molecule is Cc1cccc(N2C(=O)/C(=C/c3ccc(Sc4ccccc4)o3)C(=O)NC2=S)c1C. The van der Waals surface area contributed by atoms with E-state index in [2.05, 4.69) is 5.32 Å². The summed E-state index contributed by atoms with van der Waals surface area (Å²) in [6.07, 6.45) is 1.45. The van der Waals surface area contributed by atoms with Gasteiger partial charge in [0, 0.05) is 4.90 Å². The Bertz CT molecular complexity index is 1180. The van der Waals surface area contributed by atoms with Gasteiger partial charge in [0.1, 0.15) is 11.3 Å². The summed E-state index contributed by atoms with van der Waals surface area (Å²) in [6.45, 7) is 3.88. The molecule has 2 amide bonds. The predicted octanol–water partition coefficient (Wildman–Crippen LogP) is 4.88. The zero-order chi connectivity index (χ0) is 21.3. The highest BCUT2D eigenvalue weighted by molar-refractivity contribution is 7.99. The molecule has 1 aliphatic heterocycles. The van der Waals surface area contributed by atoms with Gasteiger partial charge in [-0.1, -0.05) is 42.1 Å². The lowest BCUT2D eigenvalue weighted by Crippen LogP contribution is -2.54. The van der Waals surface area contributed by atoms with Gasteiger partial charge >= 0.3 is 0 Å². The van der Waals surface area contributed by atoms with Crippen molar-refractivity contribution in [1.82, 2.24) is 5.32 Å². The highest BCUT2D eigenvalue weighted by atomic mass is 32.2. The molecule has 150 valence electrons. The molecule has 0 bridgehead atoms. The molecule has 1 aromatic heterocycles. The molecule has 1 saturated heterocycles. The van der Waals surface area contributed by atoms with Crippen LogP contribution in [-0.2, 0) is 9.59 Å². The first-order valence-corrected chi connectivity index (χ1v) is 10.5. The fraction of sp³-hybridized carbons (Fsp3) is 0.0870. The van der Waals surface area contributed by atoms with E-state index in [1.807, 2.05) is 68.4 Å². The molecule has 1 N–H and O–H groups in total. The fourth-order valence-corrected chi connectivity index (χ4v) is 4.14. The maximum Gasteiger partial charge on any atom is 0.270 e. The van der Waals surface area contributed by atoms with Crippen LogP contribution in [0.5, 0.6) is 0 Å². The average molecular weight is 435 g/mol. The number of hydrogen-bond donors (Lipinski definition) is 1. The van der Waals surface area contributed by atoms with Crippen molar-refractivity contribution >= 4 is 52.7 Å². The number of nitrogens with one attached hydrogen (secondary N) is 1. The van der Waals surface area contributed by atoms with Gasteiger partial charge in [0.25, 0.3) is 11.8 Å². The molecule has 7 heteroatoms. The quantitative estimate of drug-likeness (QED) is 0.360. The lowest BCUT2D eigenvalue weighted by molar-refractivity contribution is -0.122. The van der Waals surface area contributed by atoms with Gasteiger partial charge in [0.05, 0.1) is 5.69 Å². The number of benzene rings is 2. The molecule has 5 nitrogen and oxygen atoms in total. The van der Waals surface area contributed by atoms with Crippen molar-refractivity contribution in [2.45, 2.75) is 23.8 Å². The number of hydrogen-bond acceptors (Lipinski definition) is 5. The fourth-order valence-electron chi connectivity index (χ4n) is 3.07. The van der Waals surface area contributed by atoms with Crippen molar-refractivity contribution < 1.29 is 14.0 Å². The van der Waals surface area contributed by atoms with Crippen LogP contribution in [0.4, 0.5) is 5.69 Å². The molecule has 3 aromatic rings. The normalized spacial score (nSPS) is 15.6. The summed E-state index contributed by atoms with van der Waals surface area (Å²) in [4.78, 5) is 28.0. The minimum atomic E-state index is -0.541. The van der Waals surface area contributed by atoms with Crippen LogP contribution >= 0.6 is 24.0 Å². The van der Waals surface area contributed by atoms with E-state index in [0.29, 0.717) is 16.5 Å². The van der Waals surface area contributed by atoms with Crippen LogP contribution < -0.4 is 10.2 Å². The minimum Gasteiger partial charge on any atom is -0.450 e. The summed E-state index contributed by atoms with van der Waals surface area (Å²) in [7, 11) is 0. The highest BCUT2D eigenvalue weighted by Crippen LogP contribution is 2.31. The second-order valence-corrected chi connectivity index (χ2v) is 8.21. The van der Waals surface area contributed by atoms with Gasteiger partial charge in [-0.15, -0.1) is 0 Å². The van der Waals surface area contributed by atoms with E-state index in [1.54, 1.807) is 6.07 Å². The minimum absolute atomic E-state index is 0.0323. The predicted molar refractivity (Wildman–Crippen MR) is 121 cm³/mol. The van der Waals surface area contributed by atoms with Gasteiger partial charge in [0.2, 0.25) is 0 Å². The maximum atomic E-state index is 13.2. The maximum absolute atomic E-state index is 13.2. The number of thiocarbonyl (C=S) groups is 1. The Kier molecular flexibility index (Phi) is 5.57. The van der Waals surface area contributed by atoms with Gasteiger partial charge in [0.15, 0.2) is 10.2 Å².